The molecule has 0 aromatic heterocycles. The molecule has 120 valence electrons. The summed E-state index contributed by atoms with van der Waals surface area (Å²) in [6.45, 7) is 0.615. The molecule has 3 N–H and O–H groups in total. The standard InChI is InChI=1S/C14H21F3N2O2/c15-14(16,17)9-4-2-1-3-7(9)13(20)19-11-10(18)8-5-6-21-12(8)11/h7-12H,1-6,18H2,(H,19,20). The van der Waals surface area contributed by atoms with Crippen molar-refractivity contribution in [3.8, 4) is 0 Å². The van der Waals surface area contributed by atoms with E-state index in [1.165, 1.54) is 0 Å². The fourth-order valence-electron chi connectivity index (χ4n) is 4.04. The molecule has 0 aromatic rings. The van der Waals surface area contributed by atoms with Crippen LogP contribution in [0.25, 0.3) is 0 Å². The van der Waals surface area contributed by atoms with Crippen LogP contribution in [0.3, 0.4) is 0 Å². The van der Waals surface area contributed by atoms with Gasteiger partial charge in [-0.3, -0.25) is 4.79 Å². The third-order valence-corrected chi connectivity index (χ3v) is 5.28. The normalized spacial score (nSPS) is 43.0. The number of fused-ring (bicyclic) bond motifs is 1. The number of nitrogens with one attached hydrogen (secondary N) is 1. The van der Waals surface area contributed by atoms with Crippen LogP contribution in [0, 0.1) is 17.8 Å². The second-order valence-corrected chi connectivity index (χ2v) is 6.44. The minimum Gasteiger partial charge on any atom is -0.376 e. The van der Waals surface area contributed by atoms with Gasteiger partial charge < -0.3 is 15.8 Å². The van der Waals surface area contributed by atoms with Crippen molar-refractivity contribution in [3.05, 3.63) is 0 Å². The molecule has 1 aliphatic heterocycles. The van der Waals surface area contributed by atoms with Gasteiger partial charge in [0.15, 0.2) is 0 Å². The van der Waals surface area contributed by atoms with Gasteiger partial charge >= 0.3 is 6.18 Å². The van der Waals surface area contributed by atoms with Crippen molar-refractivity contribution in [1.82, 2.24) is 5.32 Å². The Balaban J connectivity index is 1.64. The Morgan fingerprint density at radius 3 is 2.62 bits per heavy atom. The van der Waals surface area contributed by atoms with Crippen molar-refractivity contribution in [2.45, 2.75) is 56.5 Å². The number of rotatable bonds is 2. The highest BCUT2D eigenvalue weighted by Gasteiger charge is 2.54. The van der Waals surface area contributed by atoms with Crippen LogP contribution >= 0.6 is 0 Å². The molecule has 3 fully saturated rings. The minimum absolute atomic E-state index is 0.0425. The average molecular weight is 306 g/mol. The summed E-state index contributed by atoms with van der Waals surface area (Å²) in [5, 5.41) is 2.72. The molecule has 1 heterocycles. The zero-order chi connectivity index (χ0) is 15.2. The molecule has 3 rings (SSSR count). The maximum Gasteiger partial charge on any atom is 0.392 e. The number of alkyl halides is 3. The highest BCUT2D eigenvalue weighted by Crippen LogP contribution is 2.42. The maximum atomic E-state index is 13.0. The van der Waals surface area contributed by atoms with E-state index in [0.29, 0.717) is 25.9 Å². The Morgan fingerprint density at radius 1 is 1.19 bits per heavy atom. The van der Waals surface area contributed by atoms with Gasteiger partial charge in [-0.25, -0.2) is 0 Å². The molecule has 0 aromatic carbocycles. The van der Waals surface area contributed by atoms with Crippen LogP contribution in [0.1, 0.15) is 32.1 Å². The number of halogens is 3. The number of ether oxygens (including phenoxy) is 1. The molecule has 3 aliphatic rings. The minimum atomic E-state index is -4.31. The van der Waals surface area contributed by atoms with E-state index in [0.717, 1.165) is 6.42 Å². The van der Waals surface area contributed by atoms with E-state index in [2.05, 4.69) is 5.32 Å². The zero-order valence-electron chi connectivity index (χ0n) is 11.7. The van der Waals surface area contributed by atoms with Gasteiger partial charge in [0.1, 0.15) is 0 Å². The van der Waals surface area contributed by atoms with Crippen molar-refractivity contribution >= 4 is 5.91 Å². The van der Waals surface area contributed by atoms with E-state index in [1.807, 2.05) is 0 Å². The summed E-state index contributed by atoms with van der Waals surface area (Å²) in [5.74, 6) is -2.78. The van der Waals surface area contributed by atoms with Gasteiger partial charge in [0.05, 0.1) is 18.1 Å². The Bertz CT molecular complexity index is 416. The van der Waals surface area contributed by atoms with Crippen LogP contribution in [0.5, 0.6) is 0 Å². The molecular formula is C14H21F3N2O2. The summed E-state index contributed by atoms with van der Waals surface area (Å²) in [4.78, 5) is 12.3. The predicted molar refractivity (Wildman–Crippen MR) is 69.3 cm³/mol. The highest BCUT2D eigenvalue weighted by atomic mass is 19.4. The summed E-state index contributed by atoms with van der Waals surface area (Å²) in [7, 11) is 0. The Hall–Kier alpha value is -0.820. The van der Waals surface area contributed by atoms with Crippen LogP contribution in [-0.2, 0) is 9.53 Å². The Labute approximate surface area is 121 Å². The van der Waals surface area contributed by atoms with Gasteiger partial charge in [-0.2, -0.15) is 13.2 Å². The van der Waals surface area contributed by atoms with E-state index in [1.54, 1.807) is 0 Å². The van der Waals surface area contributed by atoms with Crippen molar-refractivity contribution in [1.29, 1.82) is 0 Å². The molecule has 7 heteroatoms. The lowest BCUT2D eigenvalue weighted by Gasteiger charge is -2.46. The monoisotopic (exact) mass is 306 g/mol. The quantitative estimate of drug-likeness (QED) is 0.814. The lowest BCUT2D eigenvalue weighted by molar-refractivity contribution is -0.198. The molecule has 0 bridgehead atoms. The largest absolute Gasteiger partial charge is 0.392 e. The first kappa shape index (κ1) is 15.1. The summed E-state index contributed by atoms with van der Waals surface area (Å²) >= 11 is 0. The summed E-state index contributed by atoms with van der Waals surface area (Å²) in [6, 6.07) is -0.532. The molecule has 2 saturated carbocycles. The molecule has 6 atom stereocenters. The summed E-state index contributed by atoms with van der Waals surface area (Å²) in [6.07, 6.45) is -2.01. The van der Waals surface area contributed by atoms with Crippen LogP contribution < -0.4 is 11.1 Å². The number of amides is 1. The second-order valence-electron chi connectivity index (χ2n) is 6.44. The zero-order valence-corrected chi connectivity index (χ0v) is 11.7. The van der Waals surface area contributed by atoms with Gasteiger partial charge in [0, 0.05) is 24.5 Å². The molecule has 1 saturated heterocycles. The number of nitrogens with two attached hydrogens (primary N) is 1. The molecule has 0 spiro atoms. The number of hydrogen-bond acceptors (Lipinski definition) is 3. The fourth-order valence-corrected chi connectivity index (χ4v) is 4.04. The van der Waals surface area contributed by atoms with Gasteiger partial charge in [-0.1, -0.05) is 12.8 Å². The SMILES string of the molecule is NC1C2CCOC2C1NC(=O)C1CCCCC1C(F)(F)F. The van der Waals surface area contributed by atoms with E-state index >= 15 is 0 Å². The highest BCUT2D eigenvalue weighted by molar-refractivity contribution is 5.79. The van der Waals surface area contributed by atoms with Crippen LogP contribution in [0.2, 0.25) is 0 Å². The van der Waals surface area contributed by atoms with Crippen molar-refractivity contribution in [2.24, 2.45) is 23.5 Å². The van der Waals surface area contributed by atoms with Crippen molar-refractivity contribution in [2.75, 3.05) is 6.61 Å². The van der Waals surface area contributed by atoms with Gasteiger partial charge in [-0.05, 0) is 19.3 Å². The maximum absolute atomic E-state index is 13.0. The van der Waals surface area contributed by atoms with E-state index < -0.39 is 23.9 Å². The number of carbonyl (C=O) groups is 1. The third kappa shape index (κ3) is 2.65. The molecule has 6 unspecified atom stereocenters. The van der Waals surface area contributed by atoms with Crippen LogP contribution in [0.4, 0.5) is 13.2 Å². The van der Waals surface area contributed by atoms with Gasteiger partial charge in [0.2, 0.25) is 5.91 Å². The number of carbonyl (C=O) groups excluding carboxylic acids is 1. The Kier molecular flexibility index (Phi) is 3.90. The predicted octanol–water partition coefficient (Wildman–Crippen LogP) is 1.59. The van der Waals surface area contributed by atoms with Gasteiger partial charge in [-0.15, -0.1) is 0 Å². The first-order valence-electron chi connectivity index (χ1n) is 7.64. The van der Waals surface area contributed by atoms with Crippen LogP contribution in [-0.4, -0.2) is 36.9 Å². The lowest BCUT2D eigenvalue weighted by atomic mass is 9.71. The number of hydrogen-bond donors (Lipinski definition) is 2. The molecule has 4 nitrogen and oxygen atoms in total. The van der Waals surface area contributed by atoms with E-state index in [-0.39, 0.29) is 30.5 Å². The average Bonchev–Trinajstić information content (AvgIpc) is 2.88. The van der Waals surface area contributed by atoms with Crippen molar-refractivity contribution < 1.29 is 22.7 Å². The topological polar surface area (TPSA) is 64.3 Å². The molecule has 0 radical (unpaired) electrons. The molecule has 1 amide bonds. The second kappa shape index (κ2) is 5.43. The lowest BCUT2D eigenvalue weighted by Crippen LogP contribution is -2.69. The first-order chi connectivity index (χ1) is 9.89. The molecular weight excluding hydrogens is 285 g/mol. The smallest absolute Gasteiger partial charge is 0.376 e. The van der Waals surface area contributed by atoms with Crippen molar-refractivity contribution in [3.63, 3.8) is 0 Å². The van der Waals surface area contributed by atoms with Gasteiger partial charge in [0.25, 0.3) is 0 Å². The molecule has 21 heavy (non-hydrogen) atoms. The molecule has 2 aliphatic carbocycles. The van der Waals surface area contributed by atoms with E-state index in [9.17, 15) is 18.0 Å². The third-order valence-electron chi connectivity index (χ3n) is 5.28. The summed E-state index contributed by atoms with van der Waals surface area (Å²) in [5.41, 5.74) is 5.99. The Morgan fingerprint density at radius 2 is 1.90 bits per heavy atom. The summed E-state index contributed by atoms with van der Waals surface area (Å²) < 4.78 is 44.6. The van der Waals surface area contributed by atoms with Crippen LogP contribution in [0.15, 0.2) is 0 Å². The van der Waals surface area contributed by atoms with E-state index in [4.69, 9.17) is 10.5 Å². The first-order valence-corrected chi connectivity index (χ1v) is 7.64. The fraction of sp³-hybridized carbons (Fsp3) is 0.929.